The van der Waals surface area contributed by atoms with Crippen molar-refractivity contribution in [3.05, 3.63) is 63.1 Å². The van der Waals surface area contributed by atoms with Crippen LogP contribution in [0.3, 0.4) is 0 Å². The number of carbonyl (C=O) groups excluding carboxylic acids is 2. The molecule has 1 aromatic carbocycles. The van der Waals surface area contributed by atoms with Crippen LogP contribution < -0.4 is 5.32 Å². The number of hydrogen-bond acceptors (Lipinski definition) is 5. The molecule has 0 saturated carbocycles. The Morgan fingerprint density at radius 3 is 2.73 bits per heavy atom. The minimum atomic E-state index is -0.628. The summed E-state index contributed by atoms with van der Waals surface area (Å²) < 4.78 is 4.84. The maximum absolute atomic E-state index is 13.2. The molecule has 2 heterocycles. The molecule has 0 spiro atoms. The minimum absolute atomic E-state index is 0.203. The summed E-state index contributed by atoms with van der Waals surface area (Å²) in [5, 5.41) is 13.4. The van der Waals surface area contributed by atoms with Crippen LogP contribution in [0.15, 0.2) is 30.5 Å². The van der Waals surface area contributed by atoms with Crippen LogP contribution in [0.2, 0.25) is 10.0 Å². The molecule has 0 aliphatic carbocycles. The summed E-state index contributed by atoms with van der Waals surface area (Å²) >= 11 is 12.4. The zero-order chi connectivity index (χ0) is 22.0. The van der Waals surface area contributed by atoms with E-state index >= 15 is 0 Å². The highest BCUT2D eigenvalue weighted by Crippen LogP contribution is 2.39. The third-order valence-corrected chi connectivity index (χ3v) is 5.25. The van der Waals surface area contributed by atoms with Crippen molar-refractivity contribution in [1.29, 1.82) is 0 Å². The van der Waals surface area contributed by atoms with E-state index in [0.29, 0.717) is 43.7 Å². The molecule has 0 radical (unpaired) electrons. The zero-order valence-corrected chi connectivity index (χ0v) is 18.1. The number of aliphatic hydroxyl groups is 1. The van der Waals surface area contributed by atoms with Crippen molar-refractivity contribution in [2.75, 3.05) is 13.1 Å². The number of hydrogen-bond donors (Lipinski definition) is 2. The molecule has 7 nitrogen and oxygen atoms in total. The van der Waals surface area contributed by atoms with Gasteiger partial charge in [-0.3, -0.25) is 9.78 Å². The van der Waals surface area contributed by atoms with Gasteiger partial charge in [0.05, 0.1) is 30.2 Å². The number of alkyl carbamates (subject to hydrolysis) is 1. The van der Waals surface area contributed by atoms with Gasteiger partial charge in [0.15, 0.2) is 0 Å². The maximum atomic E-state index is 13.2. The Morgan fingerprint density at radius 1 is 1.37 bits per heavy atom. The van der Waals surface area contributed by atoms with Crippen molar-refractivity contribution in [3.8, 4) is 11.1 Å². The zero-order valence-electron chi connectivity index (χ0n) is 16.6. The number of aliphatic hydroxyl groups excluding tert-OH is 1. The fourth-order valence-electron chi connectivity index (χ4n) is 3.41. The topological polar surface area (TPSA) is 91.8 Å². The Balaban J connectivity index is 1.92. The Morgan fingerprint density at radius 2 is 2.10 bits per heavy atom. The minimum Gasteiger partial charge on any atom is -0.416 e. The first-order valence-electron chi connectivity index (χ1n) is 9.22. The van der Waals surface area contributed by atoms with Crippen LogP contribution >= 0.6 is 23.2 Å². The number of pyridine rings is 1. The normalized spacial score (nSPS) is 12.7. The molecule has 2 aromatic rings. The number of benzene rings is 1. The highest BCUT2D eigenvalue weighted by molar-refractivity contribution is 6.36. The third kappa shape index (κ3) is 4.43. The van der Waals surface area contributed by atoms with Crippen molar-refractivity contribution < 1.29 is 19.4 Å². The van der Waals surface area contributed by atoms with E-state index in [1.807, 2.05) is 0 Å². The summed E-state index contributed by atoms with van der Waals surface area (Å²) in [7, 11) is 0. The highest BCUT2D eigenvalue weighted by Gasteiger charge is 2.34. The van der Waals surface area contributed by atoms with Gasteiger partial charge in [0.1, 0.15) is 0 Å². The van der Waals surface area contributed by atoms with E-state index in [1.54, 1.807) is 36.9 Å². The van der Waals surface area contributed by atoms with E-state index in [2.05, 4.69) is 16.9 Å². The maximum Gasteiger partial charge on any atom is 0.412 e. The number of carbonyl (C=O) groups is 2. The molecule has 2 N–H and O–H groups in total. The number of nitrogens with zero attached hydrogens (tertiary/aromatic N) is 2. The summed E-state index contributed by atoms with van der Waals surface area (Å²) in [6.07, 6.45) is -0.628. The summed E-state index contributed by atoms with van der Waals surface area (Å²) in [6.45, 7) is 7.31. The summed E-state index contributed by atoms with van der Waals surface area (Å²) in [5.74, 6) is 0.0288. The summed E-state index contributed by atoms with van der Waals surface area (Å²) in [5.41, 5.74) is 3.32. The second-order valence-corrected chi connectivity index (χ2v) is 7.74. The number of aryl methyl sites for hydroxylation is 1. The number of ether oxygens (including phenoxy) is 1. The standard InChI is InChI=1S/C21H21Cl2N3O4/c1-11(2)30-21(29)24-6-7-26-9-17-19(20(26)28)18(15(10-27)12(3)25-17)14-5-4-13(22)8-16(14)23/h4-5,8,27H,1,6-7,9-10H2,2-3H3,(H,24,29). The Kier molecular flexibility index (Phi) is 6.65. The number of amides is 2. The average molecular weight is 450 g/mol. The van der Waals surface area contributed by atoms with Gasteiger partial charge in [-0.05, 0) is 26.0 Å². The summed E-state index contributed by atoms with van der Waals surface area (Å²) in [6, 6.07) is 5.00. The number of rotatable bonds is 6. The highest BCUT2D eigenvalue weighted by atomic mass is 35.5. The average Bonchev–Trinajstić information content (AvgIpc) is 2.95. The van der Waals surface area contributed by atoms with Crippen molar-refractivity contribution in [2.45, 2.75) is 27.0 Å². The number of aromatic nitrogens is 1. The van der Waals surface area contributed by atoms with Gasteiger partial charge >= 0.3 is 6.09 Å². The van der Waals surface area contributed by atoms with Gasteiger partial charge in [-0.25, -0.2) is 4.79 Å². The third-order valence-electron chi connectivity index (χ3n) is 4.70. The van der Waals surface area contributed by atoms with E-state index in [-0.39, 0.29) is 37.9 Å². The molecule has 158 valence electrons. The molecule has 3 rings (SSSR count). The van der Waals surface area contributed by atoms with Gasteiger partial charge in [-0.2, -0.15) is 0 Å². The van der Waals surface area contributed by atoms with Crippen molar-refractivity contribution >= 4 is 35.2 Å². The van der Waals surface area contributed by atoms with E-state index in [4.69, 9.17) is 27.9 Å². The van der Waals surface area contributed by atoms with Gasteiger partial charge in [-0.15, -0.1) is 0 Å². The van der Waals surface area contributed by atoms with Gasteiger partial charge in [0.25, 0.3) is 5.91 Å². The number of fused-ring (bicyclic) bond motifs is 1. The molecular weight excluding hydrogens is 429 g/mol. The van der Waals surface area contributed by atoms with Gasteiger partial charge in [0.2, 0.25) is 0 Å². The predicted molar refractivity (Wildman–Crippen MR) is 114 cm³/mol. The van der Waals surface area contributed by atoms with Crippen LogP contribution in [-0.4, -0.2) is 40.1 Å². The smallest absolute Gasteiger partial charge is 0.412 e. The van der Waals surface area contributed by atoms with Crippen LogP contribution in [-0.2, 0) is 17.9 Å². The van der Waals surface area contributed by atoms with Gasteiger partial charge in [0, 0.05) is 45.5 Å². The first-order chi connectivity index (χ1) is 14.2. The lowest BCUT2D eigenvalue weighted by Crippen LogP contribution is -2.35. The molecular formula is C21H21Cl2N3O4. The molecule has 0 saturated heterocycles. The second kappa shape index (κ2) is 9.04. The quantitative estimate of drug-likeness (QED) is 0.648. The molecule has 0 atom stereocenters. The monoisotopic (exact) mass is 449 g/mol. The molecule has 1 aromatic heterocycles. The van der Waals surface area contributed by atoms with Gasteiger partial charge in [-0.1, -0.05) is 35.8 Å². The van der Waals surface area contributed by atoms with Gasteiger partial charge < -0.3 is 20.1 Å². The lowest BCUT2D eigenvalue weighted by atomic mass is 9.93. The molecule has 9 heteroatoms. The fraction of sp³-hybridized carbons (Fsp3) is 0.286. The van der Waals surface area contributed by atoms with Crippen molar-refractivity contribution in [3.63, 3.8) is 0 Å². The van der Waals surface area contributed by atoms with Crippen molar-refractivity contribution in [2.24, 2.45) is 0 Å². The van der Waals surface area contributed by atoms with Crippen LogP contribution in [0.4, 0.5) is 4.79 Å². The number of nitrogens with one attached hydrogen (secondary N) is 1. The lowest BCUT2D eigenvalue weighted by molar-refractivity contribution is 0.0778. The molecule has 0 unspecified atom stereocenters. The summed E-state index contributed by atoms with van der Waals surface area (Å²) in [4.78, 5) is 30.9. The predicted octanol–water partition coefficient (Wildman–Crippen LogP) is 4.07. The molecule has 0 bridgehead atoms. The lowest BCUT2D eigenvalue weighted by Gasteiger charge is -2.17. The number of halogens is 2. The molecule has 0 fully saturated rings. The Bertz CT molecular complexity index is 1040. The van der Waals surface area contributed by atoms with Crippen molar-refractivity contribution in [1.82, 2.24) is 15.2 Å². The first kappa shape index (κ1) is 22.1. The van der Waals surface area contributed by atoms with E-state index in [1.165, 1.54) is 0 Å². The molecule has 2 amide bonds. The second-order valence-electron chi connectivity index (χ2n) is 6.90. The largest absolute Gasteiger partial charge is 0.416 e. The van der Waals surface area contributed by atoms with Crippen LogP contribution in [0.25, 0.3) is 11.1 Å². The first-order valence-corrected chi connectivity index (χ1v) is 9.97. The molecule has 1 aliphatic heterocycles. The molecule has 30 heavy (non-hydrogen) atoms. The Hall–Kier alpha value is -2.61. The van der Waals surface area contributed by atoms with E-state index in [0.717, 1.165) is 0 Å². The molecule has 1 aliphatic rings. The van der Waals surface area contributed by atoms with Crippen LogP contribution in [0.1, 0.15) is 34.2 Å². The van der Waals surface area contributed by atoms with Crippen LogP contribution in [0, 0.1) is 6.92 Å². The van der Waals surface area contributed by atoms with Crippen LogP contribution in [0.5, 0.6) is 0 Å². The van der Waals surface area contributed by atoms with E-state index < -0.39 is 6.09 Å². The SMILES string of the molecule is C=C(C)OC(=O)NCCN1Cc2nc(C)c(CO)c(-c3ccc(Cl)cc3Cl)c2C1=O. The van der Waals surface area contributed by atoms with E-state index in [9.17, 15) is 14.7 Å². The number of allylic oxidation sites excluding steroid dienone is 1. The fourth-order valence-corrected chi connectivity index (χ4v) is 3.91. The Labute approximate surface area is 184 Å².